The van der Waals surface area contributed by atoms with Crippen molar-refractivity contribution < 1.29 is 14.5 Å². The van der Waals surface area contributed by atoms with Crippen molar-refractivity contribution >= 4 is 17.5 Å². The van der Waals surface area contributed by atoms with Crippen LogP contribution >= 0.6 is 0 Å². The Morgan fingerprint density at radius 1 is 1.15 bits per heavy atom. The number of carbonyl (C=O) groups excluding carboxylic acids is 2. The fraction of sp³-hybridized carbons (Fsp3) is 0.385. The lowest BCUT2D eigenvalue weighted by atomic mass is 10.1. The molecule has 0 unspecified atom stereocenters. The zero-order valence-electron chi connectivity index (χ0n) is 11.2. The maximum absolute atomic E-state index is 11.6. The third-order valence-electron chi connectivity index (χ3n) is 2.53. The first-order valence-electron chi connectivity index (χ1n) is 6.29. The summed E-state index contributed by atoms with van der Waals surface area (Å²) in [4.78, 5) is 32.8. The molecule has 1 rings (SSSR count). The summed E-state index contributed by atoms with van der Waals surface area (Å²) in [5.74, 6) is -0.533. The number of nitro benzene ring substituents is 1. The van der Waals surface area contributed by atoms with Crippen LogP contribution in [0.25, 0.3) is 0 Å². The summed E-state index contributed by atoms with van der Waals surface area (Å²) in [6.07, 6.45) is 0.918. The minimum atomic E-state index is -0.498. The second-order valence-electron chi connectivity index (χ2n) is 4.23. The molecule has 7 heteroatoms. The second kappa shape index (κ2) is 7.88. The van der Waals surface area contributed by atoms with Crippen LogP contribution in [0.15, 0.2) is 24.3 Å². The van der Waals surface area contributed by atoms with Gasteiger partial charge in [-0.1, -0.05) is 19.1 Å². The van der Waals surface area contributed by atoms with Crippen LogP contribution in [0.4, 0.5) is 5.69 Å². The summed E-state index contributed by atoms with van der Waals surface area (Å²) in [7, 11) is 0. The predicted molar refractivity (Wildman–Crippen MR) is 73.1 cm³/mol. The van der Waals surface area contributed by atoms with Gasteiger partial charge in [0.05, 0.1) is 17.9 Å². The molecular formula is C13H17N3O4. The first kappa shape index (κ1) is 15.6. The number of rotatable bonds is 7. The Morgan fingerprint density at radius 2 is 1.80 bits per heavy atom. The van der Waals surface area contributed by atoms with Crippen molar-refractivity contribution in [1.29, 1.82) is 0 Å². The van der Waals surface area contributed by atoms with Crippen molar-refractivity contribution in [3.63, 3.8) is 0 Å². The Morgan fingerprint density at radius 3 is 2.35 bits per heavy atom. The lowest BCUT2D eigenvalue weighted by Gasteiger charge is -2.06. The van der Waals surface area contributed by atoms with E-state index >= 15 is 0 Å². The van der Waals surface area contributed by atoms with E-state index < -0.39 is 4.92 Å². The van der Waals surface area contributed by atoms with Crippen LogP contribution in [0.2, 0.25) is 0 Å². The Hall–Kier alpha value is -2.44. The summed E-state index contributed by atoms with van der Waals surface area (Å²) in [6, 6.07) is 5.73. The summed E-state index contributed by atoms with van der Waals surface area (Å²) in [6.45, 7) is 2.45. The van der Waals surface area contributed by atoms with E-state index in [-0.39, 0.29) is 30.5 Å². The number of amides is 2. The predicted octanol–water partition coefficient (Wildman–Crippen LogP) is 0.780. The monoisotopic (exact) mass is 279 g/mol. The van der Waals surface area contributed by atoms with Crippen molar-refractivity contribution in [3.8, 4) is 0 Å². The van der Waals surface area contributed by atoms with Gasteiger partial charge in [0.15, 0.2) is 0 Å². The molecule has 0 aromatic heterocycles. The molecule has 20 heavy (non-hydrogen) atoms. The highest BCUT2D eigenvalue weighted by molar-refractivity contribution is 5.85. The van der Waals surface area contributed by atoms with Crippen molar-refractivity contribution in [2.24, 2.45) is 0 Å². The van der Waals surface area contributed by atoms with Crippen molar-refractivity contribution in [2.75, 3.05) is 13.1 Å². The Labute approximate surface area is 116 Å². The highest BCUT2D eigenvalue weighted by Gasteiger charge is 2.08. The molecule has 0 aliphatic heterocycles. The number of benzene rings is 1. The van der Waals surface area contributed by atoms with Crippen LogP contribution in [0.5, 0.6) is 0 Å². The summed E-state index contributed by atoms with van der Waals surface area (Å²) < 4.78 is 0. The molecule has 0 saturated carbocycles. The number of non-ortho nitro benzene ring substituents is 1. The van der Waals surface area contributed by atoms with Gasteiger partial charge in [-0.25, -0.2) is 0 Å². The van der Waals surface area contributed by atoms with E-state index in [1.165, 1.54) is 24.3 Å². The quantitative estimate of drug-likeness (QED) is 0.568. The number of hydrogen-bond acceptors (Lipinski definition) is 4. The fourth-order valence-electron chi connectivity index (χ4n) is 1.49. The largest absolute Gasteiger partial charge is 0.355 e. The van der Waals surface area contributed by atoms with E-state index in [9.17, 15) is 19.7 Å². The minimum Gasteiger partial charge on any atom is -0.355 e. The normalized spacial score (nSPS) is 9.85. The van der Waals surface area contributed by atoms with Crippen LogP contribution in [0.3, 0.4) is 0 Å². The van der Waals surface area contributed by atoms with Crippen molar-refractivity contribution in [3.05, 3.63) is 39.9 Å². The summed E-state index contributed by atoms with van der Waals surface area (Å²) >= 11 is 0. The molecule has 0 heterocycles. The van der Waals surface area contributed by atoms with Gasteiger partial charge in [-0.3, -0.25) is 19.7 Å². The molecule has 0 spiro atoms. The third-order valence-corrected chi connectivity index (χ3v) is 2.53. The van der Waals surface area contributed by atoms with Crippen LogP contribution in [-0.2, 0) is 16.0 Å². The number of nitrogens with one attached hydrogen (secondary N) is 2. The molecule has 108 valence electrons. The van der Waals surface area contributed by atoms with Gasteiger partial charge in [0, 0.05) is 18.7 Å². The molecule has 0 aliphatic rings. The highest BCUT2D eigenvalue weighted by atomic mass is 16.6. The molecule has 2 N–H and O–H groups in total. The van der Waals surface area contributed by atoms with Gasteiger partial charge in [0.1, 0.15) is 0 Å². The average Bonchev–Trinajstić information content (AvgIpc) is 2.43. The van der Waals surface area contributed by atoms with Gasteiger partial charge in [0.25, 0.3) is 5.69 Å². The lowest BCUT2D eigenvalue weighted by molar-refractivity contribution is -0.384. The second-order valence-corrected chi connectivity index (χ2v) is 4.23. The van der Waals surface area contributed by atoms with Crippen LogP contribution in [0, 0.1) is 10.1 Å². The molecule has 0 fully saturated rings. The molecule has 1 aromatic carbocycles. The van der Waals surface area contributed by atoms with Gasteiger partial charge >= 0.3 is 0 Å². The van der Waals surface area contributed by atoms with E-state index in [4.69, 9.17) is 0 Å². The van der Waals surface area contributed by atoms with Crippen LogP contribution < -0.4 is 10.6 Å². The number of hydrogen-bond donors (Lipinski definition) is 2. The van der Waals surface area contributed by atoms with E-state index in [0.717, 1.165) is 6.42 Å². The maximum Gasteiger partial charge on any atom is 0.269 e. The molecular weight excluding hydrogens is 262 g/mol. The van der Waals surface area contributed by atoms with Crippen molar-refractivity contribution in [2.45, 2.75) is 19.8 Å². The Bertz CT molecular complexity index is 485. The molecule has 0 radical (unpaired) electrons. The van der Waals surface area contributed by atoms with Crippen LogP contribution in [-0.4, -0.2) is 29.8 Å². The Balaban J connectivity index is 2.38. The molecule has 1 aromatic rings. The van der Waals surface area contributed by atoms with Crippen LogP contribution in [0.1, 0.15) is 18.9 Å². The molecule has 0 atom stereocenters. The first-order valence-corrected chi connectivity index (χ1v) is 6.29. The number of carbonyl (C=O) groups is 2. The van der Waals surface area contributed by atoms with Gasteiger partial charge < -0.3 is 10.6 Å². The maximum atomic E-state index is 11.6. The van der Waals surface area contributed by atoms with E-state index in [2.05, 4.69) is 10.6 Å². The standard InChI is InChI=1S/C13H17N3O4/c1-2-7-14-13(18)9-15-12(17)8-10-3-5-11(6-4-10)16(19)20/h3-6H,2,7-9H2,1H3,(H,14,18)(H,15,17). The topological polar surface area (TPSA) is 101 Å². The minimum absolute atomic E-state index is 0.0203. The van der Waals surface area contributed by atoms with Gasteiger partial charge in [-0.15, -0.1) is 0 Å². The summed E-state index contributed by atoms with van der Waals surface area (Å²) in [5, 5.41) is 15.6. The average molecular weight is 279 g/mol. The van der Waals surface area contributed by atoms with E-state index in [1.807, 2.05) is 6.92 Å². The van der Waals surface area contributed by atoms with Crippen molar-refractivity contribution in [1.82, 2.24) is 10.6 Å². The van der Waals surface area contributed by atoms with Gasteiger partial charge in [-0.05, 0) is 12.0 Å². The number of nitro groups is 1. The smallest absolute Gasteiger partial charge is 0.269 e. The Kier molecular flexibility index (Phi) is 6.15. The zero-order valence-corrected chi connectivity index (χ0v) is 11.2. The van der Waals surface area contributed by atoms with E-state index in [1.54, 1.807) is 0 Å². The molecule has 0 saturated heterocycles. The molecule has 2 amide bonds. The summed E-state index contributed by atoms with van der Waals surface area (Å²) in [5.41, 5.74) is 0.634. The zero-order chi connectivity index (χ0) is 15.0. The van der Waals surface area contributed by atoms with E-state index in [0.29, 0.717) is 12.1 Å². The SMILES string of the molecule is CCCNC(=O)CNC(=O)Cc1ccc([N+](=O)[O-])cc1. The first-order chi connectivity index (χ1) is 9.52. The highest BCUT2D eigenvalue weighted by Crippen LogP contribution is 2.12. The van der Waals surface area contributed by atoms with Gasteiger partial charge in [-0.2, -0.15) is 0 Å². The lowest BCUT2D eigenvalue weighted by Crippen LogP contribution is -2.37. The molecule has 0 bridgehead atoms. The fourth-order valence-corrected chi connectivity index (χ4v) is 1.49. The third kappa shape index (κ3) is 5.47. The van der Waals surface area contributed by atoms with Gasteiger partial charge in [0.2, 0.25) is 11.8 Å². The molecule has 7 nitrogen and oxygen atoms in total. The molecule has 0 aliphatic carbocycles. The number of nitrogens with zero attached hydrogens (tertiary/aromatic N) is 1.